The minimum absolute atomic E-state index is 0.00590. The molecule has 1 saturated heterocycles. The molecule has 2 fully saturated rings. The maximum atomic E-state index is 12.7. The van der Waals surface area contributed by atoms with Gasteiger partial charge in [0.2, 0.25) is 0 Å². The zero-order valence-electron chi connectivity index (χ0n) is 12.8. The summed E-state index contributed by atoms with van der Waals surface area (Å²) < 4.78 is 5.24. The molecule has 0 atom stereocenters. The molecule has 4 rings (SSSR count). The Hall–Kier alpha value is -1.94. The van der Waals surface area contributed by atoms with Crippen LogP contribution in [0.15, 0.2) is 30.3 Å². The molecule has 1 saturated carbocycles. The van der Waals surface area contributed by atoms with Gasteiger partial charge < -0.3 is 10.1 Å². The Labute approximate surface area is 129 Å². The van der Waals surface area contributed by atoms with Crippen LogP contribution >= 0.6 is 0 Å². The van der Waals surface area contributed by atoms with E-state index < -0.39 is 0 Å². The lowest BCUT2D eigenvalue weighted by Crippen LogP contribution is -2.48. The second-order valence-electron chi connectivity index (χ2n) is 6.87. The van der Waals surface area contributed by atoms with Crippen LogP contribution in [0.1, 0.15) is 41.7 Å². The van der Waals surface area contributed by atoms with Gasteiger partial charge in [0.1, 0.15) is 0 Å². The zero-order valence-corrected chi connectivity index (χ0v) is 12.8. The van der Waals surface area contributed by atoms with Crippen LogP contribution in [-0.4, -0.2) is 30.6 Å². The number of nitrogens with one attached hydrogen (secondary N) is 1. The number of pyridine rings is 1. The third-order valence-corrected chi connectivity index (χ3v) is 4.55. The number of carbonyl (C=O) groups excluding carboxylic acids is 1. The van der Waals surface area contributed by atoms with E-state index in [1.54, 1.807) is 0 Å². The number of para-hydroxylation sites is 1. The van der Waals surface area contributed by atoms with E-state index in [-0.39, 0.29) is 11.3 Å². The highest BCUT2D eigenvalue weighted by atomic mass is 16.5. The summed E-state index contributed by atoms with van der Waals surface area (Å²) in [6.45, 7) is 4.23. The van der Waals surface area contributed by atoms with Gasteiger partial charge in [-0.05, 0) is 25.0 Å². The van der Waals surface area contributed by atoms with Crippen LogP contribution in [0.25, 0.3) is 10.9 Å². The Morgan fingerprint density at radius 2 is 2.14 bits per heavy atom. The summed E-state index contributed by atoms with van der Waals surface area (Å²) in [6, 6.07) is 9.87. The van der Waals surface area contributed by atoms with E-state index in [2.05, 4.69) is 12.2 Å². The zero-order chi connectivity index (χ0) is 15.2. The van der Waals surface area contributed by atoms with Crippen LogP contribution in [0, 0.1) is 5.41 Å². The number of hydrogen-bond donors (Lipinski definition) is 1. The number of aromatic nitrogens is 1. The lowest BCUT2D eigenvalue weighted by atomic mass is 9.88. The van der Waals surface area contributed by atoms with E-state index in [1.807, 2.05) is 30.3 Å². The Balaban J connectivity index is 1.65. The standard InChI is InChI=1S/C18H20N2O2/c1-18(10-22-11-18)9-19-17(21)14-8-16(12-6-7-12)20-15-5-3-2-4-13(14)15/h2-5,8,12H,6-7,9-11H2,1H3,(H,19,21). The van der Waals surface area contributed by atoms with Crippen molar-refractivity contribution >= 4 is 16.8 Å². The van der Waals surface area contributed by atoms with Crippen molar-refractivity contribution in [2.75, 3.05) is 19.8 Å². The molecule has 2 aliphatic rings. The van der Waals surface area contributed by atoms with Crippen molar-refractivity contribution < 1.29 is 9.53 Å². The van der Waals surface area contributed by atoms with Gasteiger partial charge in [0.25, 0.3) is 5.91 Å². The highest BCUT2D eigenvalue weighted by Crippen LogP contribution is 2.40. The third kappa shape index (κ3) is 2.48. The second kappa shape index (κ2) is 5.06. The minimum Gasteiger partial charge on any atom is -0.380 e. The van der Waals surface area contributed by atoms with Crippen LogP contribution < -0.4 is 5.32 Å². The number of rotatable bonds is 4. The topological polar surface area (TPSA) is 51.2 Å². The molecule has 1 N–H and O–H groups in total. The molecule has 4 nitrogen and oxygen atoms in total. The van der Waals surface area contributed by atoms with Crippen LogP contribution in [0.4, 0.5) is 0 Å². The summed E-state index contributed by atoms with van der Waals surface area (Å²) in [5.41, 5.74) is 2.80. The Morgan fingerprint density at radius 3 is 2.82 bits per heavy atom. The van der Waals surface area contributed by atoms with Crippen molar-refractivity contribution in [1.82, 2.24) is 10.3 Å². The maximum Gasteiger partial charge on any atom is 0.252 e. The molecule has 1 amide bonds. The van der Waals surface area contributed by atoms with E-state index in [1.165, 1.54) is 12.8 Å². The Morgan fingerprint density at radius 1 is 1.36 bits per heavy atom. The summed E-state index contributed by atoms with van der Waals surface area (Å²) in [5, 5.41) is 4.00. The van der Waals surface area contributed by atoms with Gasteiger partial charge in [-0.2, -0.15) is 0 Å². The van der Waals surface area contributed by atoms with Gasteiger partial charge in [0, 0.05) is 29.0 Å². The first-order valence-electron chi connectivity index (χ1n) is 7.90. The molecule has 2 aromatic rings. The van der Waals surface area contributed by atoms with Crippen molar-refractivity contribution in [3.8, 4) is 0 Å². The average molecular weight is 296 g/mol. The fraction of sp³-hybridized carbons (Fsp3) is 0.444. The van der Waals surface area contributed by atoms with Gasteiger partial charge >= 0.3 is 0 Å². The molecule has 1 aromatic carbocycles. The van der Waals surface area contributed by atoms with E-state index in [4.69, 9.17) is 9.72 Å². The Kier molecular flexibility index (Phi) is 3.15. The summed E-state index contributed by atoms with van der Waals surface area (Å²) in [6.07, 6.45) is 2.36. The molecule has 1 aliphatic carbocycles. The van der Waals surface area contributed by atoms with Gasteiger partial charge in [-0.25, -0.2) is 0 Å². The summed E-state index contributed by atoms with van der Waals surface area (Å²) in [7, 11) is 0. The first-order valence-corrected chi connectivity index (χ1v) is 7.90. The molecular weight excluding hydrogens is 276 g/mol. The van der Waals surface area contributed by atoms with Crippen molar-refractivity contribution in [3.05, 3.63) is 41.6 Å². The van der Waals surface area contributed by atoms with E-state index in [0.717, 1.165) is 35.4 Å². The predicted octanol–water partition coefficient (Wildman–Crippen LogP) is 2.88. The van der Waals surface area contributed by atoms with Crippen molar-refractivity contribution in [2.45, 2.75) is 25.7 Å². The molecule has 22 heavy (non-hydrogen) atoms. The van der Waals surface area contributed by atoms with Gasteiger partial charge in [0.15, 0.2) is 0 Å². The number of hydrogen-bond acceptors (Lipinski definition) is 3. The lowest BCUT2D eigenvalue weighted by Gasteiger charge is -2.38. The lowest BCUT2D eigenvalue weighted by molar-refractivity contribution is -0.0978. The van der Waals surface area contributed by atoms with Crippen LogP contribution in [0.3, 0.4) is 0 Å². The van der Waals surface area contributed by atoms with Crippen LogP contribution in [0.5, 0.6) is 0 Å². The van der Waals surface area contributed by atoms with Crippen LogP contribution in [0.2, 0.25) is 0 Å². The number of amides is 1. The van der Waals surface area contributed by atoms with Gasteiger partial charge in [-0.3, -0.25) is 9.78 Å². The number of carbonyl (C=O) groups is 1. The molecule has 1 aliphatic heterocycles. The first-order chi connectivity index (χ1) is 10.6. The molecule has 0 unspecified atom stereocenters. The fourth-order valence-electron chi connectivity index (χ4n) is 2.91. The van der Waals surface area contributed by atoms with Gasteiger partial charge in [-0.15, -0.1) is 0 Å². The molecule has 0 bridgehead atoms. The fourth-order valence-corrected chi connectivity index (χ4v) is 2.91. The van der Waals surface area contributed by atoms with Crippen molar-refractivity contribution in [2.24, 2.45) is 5.41 Å². The SMILES string of the molecule is CC1(CNC(=O)c2cc(C3CC3)nc3ccccc23)COC1. The summed E-state index contributed by atoms with van der Waals surface area (Å²) >= 11 is 0. The number of ether oxygens (including phenoxy) is 1. The quantitative estimate of drug-likeness (QED) is 0.944. The number of nitrogens with zero attached hydrogens (tertiary/aromatic N) is 1. The first kappa shape index (κ1) is 13.7. The van der Waals surface area contributed by atoms with Crippen molar-refractivity contribution in [1.29, 1.82) is 0 Å². The van der Waals surface area contributed by atoms with E-state index in [9.17, 15) is 4.79 Å². The molecular formula is C18H20N2O2. The summed E-state index contributed by atoms with van der Waals surface area (Å²) in [5.74, 6) is 0.530. The molecule has 4 heteroatoms. The van der Waals surface area contributed by atoms with Gasteiger partial charge in [0.05, 0.1) is 24.3 Å². The highest BCUT2D eigenvalue weighted by molar-refractivity contribution is 6.06. The van der Waals surface area contributed by atoms with Gasteiger partial charge in [-0.1, -0.05) is 25.1 Å². The molecule has 114 valence electrons. The molecule has 1 aromatic heterocycles. The molecule has 2 heterocycles. The average Bonchev–Trinajstić information content (AvgIpc) is 3.34. The smallest absolute Gasteiger partial charge is 0.252 e. The normalized spacial score (nSPS) is 19.7. The van der Waals surface area contributed by atoms with Crippen LogP contribution in [-0.2, 0) is 4.74 Å². The number of benzene rings is 1. The molecule has 0 radical (unpaired) electrons. The van der Waals surface area contributed by atoms with E-state index >= 15 is 0 Å². The monoisotopic (exact) mass is 296 g/mol. The highest BCUT2D eigenvalue weighted by Gasteiger charge is 2.34. The summed E-state index contributed by atoms with van der Waals surface area (Å²) in [4.78, 5) is 17.4. The van der Waals surface area contributed by atoms with Crippen molar-refractivity contribution in [3.63, 3.8) is 0 Å². The Bertz CT molecular complexity index is 733. The largest absolute Gasteiger partial charge is 0.380 e. The third-order valence-electron chi connectivity index (χ3n) is 4.55. The maximum absolute atomic E-state index is 12.7. The molecule has 0 spiro atoms. The minimum atomic E-state index is -0.00590. The van der Waals surface area contributed by atoms with E-state index in [0.29, 0.717) is 12.5 Å². The number of fused-ring (bicyclic) bond motifs is 1. The second-order valence-corrected chi connectivity index (χ2v) is 6.87. The predicted molar refractivity (Wildman–Crippen MR) is 85.0 cm³/mol.